The highest BCUT2D eigenvalue weighted by atomic mass is 35.5. The molecule has 1 amide bonds. The van der Waals surface area contributed by atoms with Crippen LogP contribution in [-0.4, -0.2) is 36.3 Å². The topological polar surface area (TPSA) is 79.4 Å². The third kappa shape index (κ3) is 4.90. The lowest BCUT2D eigenvalue weighted by Crippen LogP contribution is -2.34. The Morgan fingerprint density at radius 1 is 1.28 bits per heavy atom. The first-order chi connectivity index (χ1) is 14.1. The van der Waals surface area contributed by atoms with Gasteiger partial charge in [0.15, 0.2) is 5.82 Å². The number of carbonyl (C=O) groups is 1. The van der Waals surface area contributed by atoms with Crippen LogP contribution < -0.4 is 20.5 Å². The summed E-state index contributed by atoms with van der Waals surface area (Å²) in [4.78, 5) is 14.1. The van der Waals surface area contributed by atoms with Crippen LogP contribution in [0.2, 0.25) is 5.02 Å². The maximum Gasteiger partial charge on any atom is 0.238 e. The minimum absolute atomic E-state index is 0.0464. The molecule has 1 saturated carbocycles. The smallest absolute Gasteiger partial charge is 0.238 e. The van der Waals surface area contributed by atoms with Gasteiger partial charge < -0.3 is 9.64 Å². The van der Waals surface area contributed by atoms with Gasteiger partial charge in [0.2, 0.25) is 5.91 Å². The van der Waals surface area contributed by atoms with Crippen LogP contribution in [0.3, 0.4) is 0 Å². The second-order valence-electron chi connectivity index (χ2n) is 7.75. The van der Waals surface area contributed by atoms with Crippen molar-refractivity contribution in [3.8, 4) is 5.75 Å². The number of hydrogen-bond donors (Lipinski definition) is 2. The van der Waals surface area contributed by atoms with E-state index >= 15 is 0 Å². The fraction of sp³-hybridized carbons (Fsp3) is 0.476. The van der Waals surface area contributed by atoms with Crippen molar-refractivity contribution in [1.82, 2.24) is 15.6 Å². The van der Waals surface area contributed by atoms with Gasteiger partial charge >= 0.3 is 0 Å². The molecule has 1 aromatic heterocycles. The molecular weight excluding hydrogens is 390 g/mol. The summed E-state index contributed by atoms with van der Waals surface area (Å²) in [6.07, 6.45) is 6.53. The van der Waals surface area contributed by atoms with E-state index in [4.69, 9.17) is 16.3 Å². The Morgan fingerprint density at radius 3 is 2.79 bits per heavy atom. The number of benzene rings is 1. The molecule has 1 aliphatic carbocycles. The van der Waals surface area contributed by atoms with E-state index in [0.717, 1.165) is 50.2 Å². The van der Waals surface area contributed by atoms with Gasteiger partial charge in [-0.05, 0) is 55.2 Å². The summed E-state index contributed by atoms with van der Waals surface area (Å²) in [7, 11) is 1.69. The predicted octanol–water partition coefficient (Wildman–Crippen LogP) is 3.77. The van der Waals surface area contributed by atoms with Crippen molar-refractivity contribution in [2.75, 3.05) is 30.5 Å². The lowest BCUT2D eigenvalue weighted by atomic mass is 9.89. The zero-order valence-electron chi connectivity index (χ0n) is 16.5. The van der Waals surface area contributed by atoms with Crippen molar-refractivity contribution in [3.63, 3.8) is 0 Å². The molecule has 4 rings (SSSR count). The number of halogens is 1. The summed E-state index contributed by atoms with van der Waals surface area (Å²) >= 11 is 6.56. The molecule has 0 unspecified atom stereocenters. The number of amides is 1. The second-order valence-corrected chi connectivity index (χ2v) is 8.13. The van der Waals surface area contributed by atoms with Gasteiger partial charge in [0, 0.05) is 19.5 Å². The fourth-order valence-corrected chi connectivity index (χ4v) is 4.03. The predicted molar refractivity (Wildman–Crippen MR) is 113 cm³/mol. The van der Waals surface area contributed by atoms with E-state index in [0.29, 0.717) is 29.1 Å². The molecule has 2 aliphatic rings. The van der Waals surface area contributed by atoms with Crippen molar-refractivity contribution >= 4 is 29.0 Å². The molecule has 1 saturated heterocycles. The Kier molecular flexibility index (Phi) is 6.04. The first-order valence-corrected chi connectivity index (χ1v) is 10.5. The summed E-state index contributed by atoms with van der Waals surface area (Å²) in [5.41, 5.74) is 7.65. The molecule has 0 radical (unpaired) electrons. The lowest BCUT2D eigenvalue weighted by Gasteiger charge is -2.34. The van der Waals surface area contributed by atoms with Gasteiger partial charge in [-0.3, -0.25) is 15.6 Å². The summed E-state index contributed by atoms with van der Waals surface area (Å²) in [5, 5.41) is 8.58. The zero-order chi connectivity index (χ0) is 20.2. The maximum absolute atomic E-state index is 11.9. The standard InChI is InChI=1S/C21H26ClN5O2/c1-29-17-4-2-3-16(12-17)15-7-9-27(10-8-15)18-13-23-25-21(20(18)22)26-24-19(28)11-14-5-6-14/h2-4,12-15H,5-11H2,1H3,(H,24,28)(H,25,26). The molecule has 0 bridgehead atoms. The van der Waals surface area contributed by atoms with Crippen LogP contribution in [0.5, 0.6) is 5.75 Å². The van der Waals surface area contributed by atoms with Crippen LogP contribution in [0.1, 0.15) is 43.6 Å². The van der Waals surface area contributed by atoms with Crippen LogP contribution in [-0.2, 0) is 4.79 Å². The van der Waals surface area contributed by atoms with Crippen molar-refractivity contribution in [1.29, 1.82) is 0 Å². The maximum atomic E-state index is 11.9. The van der Waals surface area contributed by atoms with E-state index in [1.807, 2.05) is 12.1 Å². The highest BCUT2D eigenvalue weighted by Gasteiger charge is 2.25. The van der Waals surface area contributed by atoms with E-state index in [1.165, 1.54) is 5.56 Å². The molecule has 0 spiro atoms. The van der Waals surface area contributed by atoms with E-state index < -0.39 is 0 Å². The van der Waals surface area contributed by atoms with Gasteiger partial charge in [-0.2, -0.15) is 5.10 Å². The zero-order valence-corrected chi connectivity index (χ0v) is 17.3. The summed E-state index contributed by atoms with van der Waals surface area (Å²) in [6, 6.07) is 8.29. The number of carbonyl (C=O) groups excluding carboxylic acids is 1. The second kappa shape index (κ2) is 8.86. The lowest BCUT2D eigenvalue weighted by molar-refractivity contribution is -0.120. The third-order valence-electron chi connectivity index (χ3n) is 5.66. The van der Waals surface area contributed by atoms with E-state index in [2.05, 4.69) is 38.1 Å². The Morgan fingerprint density at radius 2 is 2.07 bits per heavy atom. The molecule has 2 heterocycles. The number of rotatable bonds is 7. The molecule has 1 aromatic carbocycles. The van der Waals surface area contributed by atoms with Crippen molar-refractivity contribution < 1.29 is 9.53 Å². The number of methoxy groups -OCH3 is 1. The summed E-state index contributed by atoms with van der Waals surface area (Å²) in [5.74, 6) is 2.24. The number of ether oxygens (including phenoxy) is 1. The average Bonchev–Trinajstić information content (AvgIpc) is 3.57. The normalized spacial score (nSPS) is 17.1. The van der Waals surface area contributed by atoms with Crippen molar-refractivity contribution in [2.24, 2.45) is 5.92 Å². The average molecular weight is 416 g/mol. The number of aromatic nitrogens is 2. The molecule has 1 aliphatic heterocycles. The van der Waals surface area contributed by atoms with Crippen LogP contribution in [0, 0.1) is 5.92 Å². The number of piperidine rings is 1. The molecule has 154 valence electrons. The van der Waals surface area contributed by atoms with Crippen molar-refractivity contribution in [2.45, 2.75) is 38.0 Å². The minimum Gasteiger partial charge on any atom is -0.497 e. The molecule has 2 aromatic rings. The van der Waals surface area contributed by atoms with E-state index in [1.54, 1.807) is 13.3 Å². The Hall–Kier alpha value is -2.54. The Labute approximate surface area is 175 Å². The van der Waals surface area contributed by atoms with Gasteiger partial charge in [-0.25, -0.2) is 0 Å². The number of anilines is 2. The summed E-state index contributed by atoms with van der Waals surface area (Å²) in [6.45, 7) is 1.75. The number of hydrazine groups is 1. The van der Waals surface area contributed by atoms with Gasteiger partial charge in [0.25, 0.3) is 0 Å². The number of nitrogens with one attached hydrogen (secondary N) is 2. The third-order valence-corrected chi connectivity index (χ3v) is 6.04. The highest BCUT2D eigenvalue weighted by Crippen LogP contribution is 2.36. The van der Waals surface area contributed by atoms with E-state index in [9.17, 15) is 4.79 Å². The van der Waals surface area contributed by atoms with Gasteiger partial charge in [0.1, 0.15) is 10.8 Å². The van der Waals surface area contributed by atoms with Crippen LogP contribution in [0.15, 0.2) is 30.5 Å². The Bertz CT molecular complexity index is 866. The van der Waals surface area contributed by atoms with Crippen molar-refractivity contribution in [3.05, 3.63) is 41.0 Å². The van der Waals surface area contributed by atoms with Gasteiger partial charge in [0.05, 0.1) is 19.0 Å². The quantitative estimate of drug-likeness (QED) is 0.670. The molecular formula is C21H26ClN5O2. The molecule has 8 heteroatoms. The first-order valence-electron chi connectivity index (χ1n) is 10.1. The first kappa shape index (κ1) is 19.8. The van der Waals surface area contributed by atoms with E-state index in [-0.39, 0.29) is 5.91 Å². The number of nitrogens with zero attached hydrogens (tertiary/aromatic N) is 3. The van der Waals surface area contributed by atoms with Crippen LogP contribution in [0.25, 0.3) is 0 Å². The molecule has 0 atom stereocenters. The van der Waals surface area contributed by atoms with Crippen LogP contribution in [0.4, 0.5) is 11.5 Å². The molecule has 2 N–H and O–H groups in total. The molecule has 2 fully saturated rings. The van der Waals surface area contributed by atoms with Gasteiger partial charge in [-0.15, -0.1) is 5.10 Å². The van der Waals surface area contributed by atoms with Crippen LogP contribution >= 0.6 is 11.6 Å². The monoisotopic (exact) mass is 415 g/mol. The number of hydrogen-bond acceptors (Lipinski definition) is 6. The largest absolute Gasteiger partial charge is 0.497 e. The van der Waals surface area contributed by atoms with Gasteiger partial charge in [-0.1, -0.05) is 23.7 Å². The minimum atomic E-state index is -0.0464. The molecule has 7 nitrogen and oxygen atoms in total. The summed E-state index contributed by atoms with van der Waals surface area (Å²) < 4.78 is 5.35. The SMILES string of the molecule is COc1cccc(C2CCN(c3cnnc(NNC(=O)CC4CC4)c3Cl)CC2)c1. The Balaban J connectivity index is 1.37. The molecule has 29 heavy (non-hydrogen) atoms. The highest BCUT2D eigenvalue weighted by molar-refractivity contribution is 6.35. The fourth-order valence-electron chi connectivity index (χ4n) is 3.78.